The van der Waals surface area contributed by atoms with E-state index in [1.807, 2.05) is 6.07 Å². The van der Waals surface area contributed by atoms with Gasteiger partial charge in [-0.25, -0.2) is 0 Å². The van der Waals surface area contributed by atoms with Crippen LogP contribution in [0.4, 0.5) is 0 Å². The van der Waals surface area contributed by atoms with Gasteiger partial charge in [0.1, 0.15) is 4.62 Å². The molecule has 156 valence electrons. The predicted octanol–water partition coefficient (Wildman–Crippen LogP) is 5.64. The molecule has 4 nitrogen and oxygen atoms in total. The molecule has 3 aromatic rings. The largest absolute Gasteiger partial charge is 0.366 e. The normalized spacial score (nSPS) is 11.8. The van der Waals surface area contributed by atoms with E-state index in [1.54, 1.807) is 6.07 Å². The third-order valence-corrected chi connectivity index (χ3v) is 7.82. The van der Waals surface area contributed by atoms with Gasteiger partial charge in [-0.15, -0.1) is 11.3 Å². The van der Waals surface area contributed by atoms with Gasteiger partial charge in [0.25, 0.3) is 0 Å². The number of aryl methyl sites for hydroxylation is 3. The highest BCUT2D eigenvalue weighted by atomic mass is 32.1. The smallest absolute Gasteiger partial charge is 0.321 e. The van der Waals surface area contributed by atoms with E-state index in [2.05, 4.69) is 54.1 Å². The molecule has 0 spiro atoms. The Kier molecular flexibility index (Phi) is 7.91. The van der Waals surface area contributed by atoms with Crippen LogP contribution in [0.5, 0.6) is 0 Å². The van der Waals surface area contributed by atoms with Crippen molar-refractivity contribution >= 4 is 23.6 Å². The minimum Gasteiger partial charge on any atom is -0.321 e. The van der Waals surface area contributed by atoms with Gasteiger partial charge in [0.2, 0.25) is 0 Å². The maximum atomic E-state index is 11.3. The average molecular weight is 432 g/mol. The Morgan fingerprint density at radius 1 is 0.897 bits per heavy atom. The molecular formula is C23H30NO3PS. The van der Waals surface area contributed by atoms with E-state index in [9.17, 15) is 14.4 Å². The maximum absolute atomic E-state index is 11.3. The first-order valence-corrected chi connectivity index (χ1v) is 12.8. The highest BCUT2D eigenvalue weighted by Crippen LogP contribution is 2.36. The fraction of sp³-hybridized carbons (Fsp3) is 0.391. The summed E-state index contributed by atoms with van der Waals surface area (Å²) >= 11 is 1.22. The molecule has 0 aliphatic carbocycles. The number of thiophene rings is 1. The zero-order valence-corrected chi connectivity index (χ0v) is 18.7. The van der Waals surface area contributed by atoms with Gasteiger partial charge in [0.05, 0.1) is 0 Å². The predicted molar refractivity (Wildman–Crippen MR) is 122 cm³/mol. The molecule has 3 rings (SSSR count). The van der Waals surface area contributed by atoms with Gasteiger partial charge in [-0.05, 0) is 74.1 Å². The van der Waals surface area contributed by atoms with Crippen LogP contribution in [0.1, 0.15) is 55.2 Å². The van der Waals surface area contributed by atoms with Crippen LogP contribution >= 0.6 is 18.9 Å². The molecule has 2 aromatic heterocycles. The molecule has 0 aliphatic rings. The van der Waals surface area contributed by atoms with Crippen molar-refractivity contribution < 1.29 is 14.4 Å². The lowest BCUT2D eigenvalue weighted by Crippen LogP contribution is -2.00. The van der Waals surface area contributed by atoms with Crippen molar-refractivity contribution in [3.8, 4) is 5.69 Å². The molecule has 0 amide bonds. The van der Waals surface area contributed by atoms with Crippen LogP contribution in [-0.4, -0.2) is 14.4 Å². The Bertz CT molecular complexity index is 939. The first-order valence-electron chi connectivity index (χ1n) is 10.4. The average Bonchev–Trinajstić information content (AvgIpc) is 3.35. The molecule has 0 bridgehead atoms. The van der Waals surface area contributed by atoms with Crippen LogP contribution in [0, 0.1) is 0 Å². The van der Waals surface area contributed by atoms with Crippen LogP contribution in [0.25, 0.3) is 5.69 Å². The molecule has 0 radical (unpaired) electrons. The van der Waals surface area contributed by atoms with Gasteiger partial charge < -0.3 is 14.4 Å². The van der Waals surface area contributed by atoms with E-state index >= 15 is 0 Å². The second-order valence-electron chi connectivity index (χ2n) is 7.48. The molecule has 0 unspecified atom stereocenters. The minimum absolute atomic E-state index is 0.158. The summed E-state index contributed by atoms with van der Waals surface area (Å²) < 4.78 is 13.7. The summed E-state index contributed by atoms with van der Waals surface area (Å²) in [7, 11) is -4.13. The zero-order chi connectivity index (χ0) is 20.7. The number of benzene rings is 1. The molecule has 0 fully saturated rings. The summed E-state index contributed by atoms with van der Waals surface area (Å²) in [5.74, 6) is 0. The minimum atomic E-state index is -4.13. The lowest BCUT2D eigenvalue weighted by Gasteiger charge is -2.10. The Labute approximate surface area is 177 Å². The highest BCUT2D eigenvalue weighted by Gasteiger charge is 2.19. The summed E-state index contributed by atoms with van der Waals surface area (Å²) in [6.45, 7) is 2.24. The van der Waals surface area contributed by atoms with Crippen molar-refractivity contribution in [3.05, 3.63) is 70.9 Å². The molecule has 0 saturated heterocycles. The third kappa shape index (κ3) is 6.42. The van der Waals surface area contributed by atoms with E-state index in [0.29, 0.717) is 0 Å². The third-order valence-electron chi connectivity index (χ3n) is 5.16. The van der Waals surface area contributed by atoms with E-state index in [0.717, 1.165) is 30.6 Å². The van der Waals surface area contributed by atoms with Crippen molar-refractivity contribution in [2.45, 2.75) is 58.3 Å². The van der Waals surface area contributed by atoms with Gasteiger partial charge in [0.15, 0.2) is 0 Å². The SMILES string of the molecule is CCCCCCc1ccc(-n2cccc2CCCc2ccc(P(=O)(O)O)s2)cc1. The zero-order valence-electron chi connectivity index (χ0n) is 17.0. The highest BCUT2D eigenvalue weighted by molar-refractivity contribution is 7.67. The molecule has 0 aliphatic heterocycles. The van der Waals surface area contributed by atoms with Crippen molar-refractivity contribution in [2.24, 2.45) is 0 Å². The fourth-order valence-electron chi connectivity index (χ4n) is 3.55. The van der Waals surface area contributed by atoms with Crippen LogP contribution < -0.4 is 4.62 Å². The molecule has 2 N–H and O–H groups in total. The quantitative estimate of drug-likeness (QED) is 0.305. The van der Waals surface area contributed by atoms with E-state index in [-0.39, 0.29) is 4.62 Å². The van der Waals surface area contributed by atoms with Crippen LogP contribution in [0.15, 0.2) is 54.7 Å². The number of hydrogen-bond donors (Lipinski definition) is 2. The molecule has 0 atom stereocenters. The summed E-state index contributed by atoms with van der Waals surface area (Å²) in [4.78, 5) is 19.5. The fourth-order valence-corrected chi connectivity index (χ4v) is 5.44. The van der Waals surface area contributed by atoms with E-state index in [1.165, 1.54) is 54.0 Å². The lowest BCUT2D eigenvalue weighted by molar-refractivity contribution is 0.388. The topological polar surface area (TPSA) is 62.5 Å². The van der Waals surface area contributed by atoms with Crippen molar-refractivity contribution in [1.29, 1.82) is 0 Å². The molecular weight excluding hydrogens is 401 g/mol. The van der Waals surface area contributed by atoms with Crippen LogP contribution in [0.2, 0.25) is 0 Å². The summed E-state index contributed by atoms with van der Waals surface area (Å²) in [5, 5.41) is 0. The Balaban J connectivity index is 1.55. The molecule has 6 heteroatoms. The van der Waals surface area contributed by atoms with Gasteiger partial charge in [-0.2, -0.15) is 0 Å². The molecule has 0 saturated carbocycles. The first kappa shape index (κ1) is 22.0. The molecule has 29 heavy (non-hydrogen) atoms. The lowest BCUT2D eigenvalue weighted by atomic mass is 10.1. The summed E-state index contributed by atoms with van der Waals surface area (Å²) in [6.07, 6.45) is 11.1. The molecule has 2 heterocycles. The number of rotatable bonds is 11. The van der Waals surface area contributed by atoms with Gasteiger partial charge >= 0.3 is 7.60 Å². The van der Waals surface area contributed by atoms with Crippen molar-refractivity contribution in [2.75, 3.05) is 0 Å². The van der Waals surface area contributed by atoms with Gasteiger partial charge in [0, 0.05) is 22.5 Å². The second-order valence-corrected chi connectivity index (χ2v) is 10.5. The van der Waals surface area contributed by atoms with Gasteiger partial charge in [-0.3, -0.25) is 4.57 Å². The number of unbranched alkanes of at least 4 members (excludes halogenated alkanes) is 3. The molecule has 1 aromatic carbocycles. The van der Waals surface area contributed by atoms with Crippen molar-refractivity contribution in [1.82, 2.24) is 4.57 Å². The summed E-state index contributed by atoms with van der Waals surface area (Å²) in [6, 6.07) is 16.5. The standard InChI is InChI=1S/C23H30NO3PS/c1-2-3-4-5-8-19-12-14-21(15-13-19)24-18-7-10-20(24)9-6-11-22-16-17-23(29-22)28(25,26)27/h7,10,12-18H,2-6,8-9,11H2,1H3,(H2,25,26,27). The number of aromatic nitrogens is 1. The van der Waals surface area contributed by atoms with E-state index in [4.69, 9.17) is 0 Å². The number of hydrogen-bond acceptors (Lipinski definition) is 2. The second kappa shape index (κ2) is 10.4. The van der Waals surface area contributed by atoms with Crippen molar-refractivity contribution in [3.63, 3.8) is 0 Å². The van der Waals surface area contributed by atoms with Crippen LogP contribution in [0.3, 0.4) is 0 Å². The summed E-state index contributed by atoms with van der Waals surface area (Å²) in [5.41, 5.74) is 3.84. The Hall–Kier alpha value is -1.65. The monoisotopic (exact) mass is 431 g/mol. The van der Waals surface area contributed by atoms with E-state index < -0.39 is 7.60 Å². The Morgan fingerprint density at radius 2 is 1.69 bits per heavy atom. The number of nitrogens with zero attached hydrogens (tertiary/aromatic N) is 1. The first-order chi connectivity index (χ1) is 14.0. The maximum Gasteiger partial charge on any atom is 0.366 e. The van der Waals surface area contributed by atoms with Gasteiger partial charge in [-0.1, -0.05) is 38.3 Å². The van der Waals surface area contributed by atoms with Crippen LogP contribution in [-0.2, 0) is 23.8 Å². The Morgan fingerprint density at radius 3 is 2.38 bits per heavy atom.